The van der Waals surface area contributed by atoms with Gasteiger partial charge in [0.1, 0.15) is 0 Å². The molecule has 148 valence electrons. The largest absolute Gasteiger partial charge is 0.335 e. The molecule has 4 aliphatic carbocycles. The number of hydrogen-bond acceptors (Lipinski definition) is 3. The SMILES string of the molecule is CC[C@H](NC(=O)Nc1ccc(S(N)(=O)=O)cc1)C12CC3CC(CC(C3)C1)C2. The maximum atomic E-state index is 12.6. The molecule has 0 unspecified atom stereocenters. The molecule has 4 bridgehead atoms. The second-order valence-electron chi connectivity index (χ2n) is 8.91. The molecule has 1 atom stereocenters. The molecule has 0 saturated heterocycles. The first-order valence-electron chi connectivity index (χ1n) is 9.98. The number of carbonyl (C=O) groups is 1. The van der Waals surface area contributed by atoms with Gasteiger partial charge in [0.2, 0.25) is 10.0 Å². The van der Waals surface area contributed by atoms with Gasteiger partial charge in [-0.25, -0.2) is 18.4 Å². The van der Waals surface area contributed by atoms with Crippen LogP contribution in [-0.4, -0.2) is 20.5 Å². The quantitative estimate of drug-likeness (QED) is 0.716. The molecular formula is C20H29N3O3S. The second kappa shape index (κ2) is 6.78. The lowest BCUT2D eigenvalue weighted by atomic mass is 9.47. The number of nitrogens with one attached hydrogen (secondary N) is 2. The van der Waals surface area contributed by atoms with Gasteiger partial charge in [-0.1, -0.05) is 6.92 Å². The van der Waals surface area contributed by atoms with Crippen molar-refractivity contribution in [3.8, 4) is 0 Å². The Labute approximate surface area is 161 Å². The van der Waals surface area contributed by atoms with Crippen molar-refractivity contribution < 1.29 is 13.2 Å². The predicted molar refractivity (Wildman–Crippen MR) is 105 cm³/mol. The number of amides is 2. The highest BCUT2D eigenvalue weighted by atomic mass is 32.2. The molecule has 4 saturated carbocycles. The standard InChI is InChI=1S/C20H29N3O3S/c1-2-18(20-10-13-7-14(11-20)9-15(8-13)12-20)23-19(24)22-16-3-5-17(6-4-16)27(21,25)26/h3-6,13-15,18H,2,7-12H2,1H3,(H2,21,25,26)(H2,22,23,24)/t13?,14?,15?,18-,20?/m0/s1. The van der Waals surface area contributed by atoms with Crippen molar-refractivity contribution in [3.63, 3.8) is 0 Å². The smallest absolute Gasteiger partial charge is 0.319 e. The van der Waals surface area contributed by atoms with Gasteiger partial charge in [-0.2, -0.15) is 0 Å². The molecule has 1 aromatic carbocycles. The summed E-state index contributed by atoms with van der Waals surface area (Å²) in [7, 11) is -3.73. The van der Waals surface area contributed by atoms with Crippen molar-refractivity contribution in [1.82, 2.24) is 5.32 Å². The number of primary sulfonamides is 1. The van der Waals surface area contributed by atoms with Crippen LogP contribution in [0.5, 0.6) is 0 Å². The van der Waals surface area contributed by atoms with Crippen LogP contribution in [0.4, 0.5) is 10.5 Å². The van der Waals surface area contributed by atoms with Crippen LogP contribution in [-0.2, 0) is 10.0 Å². The Morgan fingerprint density at radius 3 is 2.07 bits per heavy atom. The van der Waals surface area contributed by atoms with E-state index in [4.69, 9.17) is 5.14 Å². The predicted octanol–water partition coefficient (Wildman–Crippen LogP) is 3.45. The lowest BCUT2D eigenvalue weighted by Crippen LogP contribution is -2.57. The van der Waals surface area contributed by atoms with Crippen molar-refractivity contribution in [1.29, 1.82) is 0 Å². The number of carbonyl (C=O) groups excluding carboxylic acids is 1. The molecule has 0 aromatic heterocycles. The molecular weight excluding hydrogens is 362 g/mol. The van der Waals surface area contributed by atoms with Crippen molar-refractivity contribution in [2.75, 3.05) is 5.32 Å². The third kappa shape index (κ3) is 3.72. The van der Waals surface area contributed by atoms with Crippen LogP contribution in [0, 0.1) is 23.2 Å². The zero-order valence-electron chi connectivity index (χ0n) is 15.8. The van der Waals surface area contributed by atoms with E-state index in [-0.39, 0.29) is 22.4 Å². The van der Waals surface area contributed by atoms with E-state index in [1.807, 2.05) is 0 Å². The highest BCUT2D eigenvalue weighted by Crippen LogP contribution is 2.61. The Morgan fingerprint density at radius 2 is 1.63 bits per heavy atom. The molecule has 4 N–H and O–H groups in total. The third-order valence-electron chi connectivity index (χ3n) is 6.98. The van der Waals surface area contributed by atoms with Gasteiger partial charge in [-0.3, -0.25) is 0 Å². The zero-order valence-corrected chi connectivity index (χ0v) is 16.6. The van der Waals surface area contributed by atoms with E-state index in [0.29, 0.717) is 5.69 Å². The summed E-state index contributed by atoms with van der Waals surface area (Å²) < 4.78 is 22.7. The Hall–Kier alpha value is -1.60. The van der Waals surface area contributed by atoms with Crippen molar-refractivity contribution in [3.05, 3.63) is 24.3 Å². The van der Waals surface area contributed by atoms with Gasteiger partial charge in [0.05, 0.1) is 4.90 Å². The number of sulfonamides is 1. The number of hydrogen-bond donors (Lipinski definition) is 3. The summed E-state index contributed by atoms with van der Waals surface area (Å²) in [6, 6.07) is 5.90. The summed E-state index contributed by atoms with van der Waals surface area (Å²) in [5.41, 5.74) is 0.818. The first-order chi connectivity index (χ1) is 12.8. The van der Waals surface area contributed by atoms with Gasteiger partial charge in [-0.05, 0) is 92.4 Å². The Morgan fingerprint density at radius 1 is 1.11 bits per heavy atom. The fraction of sp³-hybridized carbons (Fsp3) is 0.650. The maximum Gasteiger partial charge on any atom is 0.319 e. The average molecular weight is 392 g/mol. The number of rotatable bonds is 5. The molecule has 6 nitrogen and oxygen atoms in total. The van der Waals surface area contributed by atoms with Crippen LogP contribution < -0.4 is 15.8 Å². The van der Waals surface area contributed by atoms with Gasteiger partial charge in [0.15, 0.2) is 0 Å². The van der Waals surface area contributed by atoms with Gasteiger partial charge in [0, 0.05) is 11.7 Å². The van der Waals surface area contributed by atoms with Crippen LogP contribution in [0.2, 0.25) is 0 Å². The molecule has 4 aliphatic rings. The number of urea groups is 1. The zero-order chi connectivity index (χ0) is 19.2. The Balaban J connectivity index is 1.42. The first-order valence-corrected chi connectivity index (χ1v) is 11.5. The van der Waals surface area contributed by atoms with Gasteiger partial charge in [0.25, 0.3) is 0 Å². The van der Waals surface area contributed by atoms with Crippen molar-refractivity contribution >= 4 is 21.7 Å². The lowest BCUT2D eigenvalue weighted by molar-refractivity contribution is -0.0719. The van der Waals surface area contributed by atoms with Crippen LogP contribution >= 0.6 is 0 Å². The Bertz CT molecular complexity index is 784. The van der Waals surface area contributed by atoms with Crippen LogP contribution in [0.15, 0.2) is 29.2 Å². The lowest BCUT2D eigenvalue weighted by Gasteiger charge is -2.59. The van der Waals surface area contributed by atoms with E-state index in [1.54, 1.807) is 12.1 Å². The van der Waals surface area contributed by atoms with Gasteiger partial charge in [-0.15, -0.1) is 0 Å². The fourth-order valence-corrected chi connectivity index (χ4v) is 6.86. The van der Waals surface area contributed by atoms with E-state index >= 15 is 0 Å². The minimum absolute atomic E-state index is 0.0356. The van der Waals surface area contributed by atoms with E-state index < -0.39 is 10.0 Å². The van der Waals surface area contributed by atoms with Crippen molar-refractivity contribution in [2.24, 2.45) is 28.3 Å². The molecule has 0 aliphatic heterocycles. The summed E-state index contributed by atoms with van der Waals surface area (Å²) >= 11 is 0. The molecule has 1 aromatic rings. The van der Waals surface area contributed by atoms with E-state index in [1.165, 1.54) is 50.7 Å². The van der Waals surface area contributed by atoms with Crippen LogP contribution in [0.3, 0.4) is 0 Å². The number of nitrogens with two attached hydrogens (primary N) is 1. The summed E-state index contributed by atoms with van der Waals surface area (Å²) in [4.78, 5) is 12.6. The van der Waals surface area contributed by atoms with Gasteiger partial charge >= 0.3 is 6.03 Å². The molecule has 0 radical (unpaired) electrons. The second-order valence-corrected chi connectivity index (χ2v) is 10.5. The third-order valence-corrected chi connectivity index (χ3v) is 7.91. The summed E-state index contributed by atoms with van der Waals surface area (Å²) in [5, 5.41) is 11.2. The van der Waals surface area contributed by atoms with Crippen LogP contribution in [0.25, 0.3) is 0 Å². The summed E-state index contributed by atoms with van der Waals surface area (Å²) in [5.74, 6) is 2.54. The van der Waals surface area contributed by atoms with Gasteiger partial charge < -0.3 is 10.6 Å². The Kier molecular flexibility index (Phi) is 4.71. The average Bonchev–Trinajstić information content (AvgIpc) is 2.58. The molecule has 27 heavy (non-hydrogen) atoms. The highest BCUT2D eigenvalue weighted by molar-refractivity contribution is 7.89. The molecule has 5 rings (SSSR count). The van der Waals surface area contributed by atoms with E-state index in [2.05, 4.69) is 17.6 Å². The summed E-state index contributed by atoms with van der Waals surface area (Å²) in [6.07, 6.45) is 8.85. The molecule has 0 heterocycles. The van der Waals surface area contributed by atoms with E-state index in [0.717, 1.165) is 24.2 Å². The minimum Gasteiger partial charge on any atom is -0.335 e. The number of anilines is 1. The maximum absolute atomic E-state index is 12.6. The highest BCUT2D eigenvalue weighted by Gasteiger charge is 2.54. The molecule has 0 spiro atoms. The molecule has 2 amide bonds. The van der Waals surface area contributed by atoms with Crippen LogP contribution in [0.1, 0.15) is 51.9 Å². The topological polar surface area (TPSA) is 101 Å². The summed E-state index contributed by atoms with van der Waals surface area (Å²) in [6.45, 7) is 2.16. The van der Waals surface area contributed by atoms with Crippen molar-refractivity contribution in [2.45, 2.75) is 62.8 Å². The fourth-order valence-electron chi connectivity index (χ4n) is 6.35. The minimum atomic E-state index is -3.73. The normalized spacial score (nSPS) is 32.9. The van der Waals surface area contributed by atoms with E-state index in [9.17, 15) is 13.2 Å². The molecule has 7 heteroatoms. The number of benzene rings is 1. The first kappa shape index (κ1) is 18.7. The molecule has 4 fully saturated rings. The monoisotopic (exact) mass is 391 g/mol.